The summed E-state index contributed by atoms with van der Waals surface area (Å²) >= 11 is 0. The summed E-state index contributed by atoms with van der Waals surface area (Å²) in [5, 5.41) is 0. The molecule has 10 heteroatoms. The number of hydrogen-bond acceptors (Lipinski definition) is 8. The van der Waals surface area contributed by atoms with Crippen LogP contribution in [0.4, 0.5) is 17.3 Å². The number of anilines is 3. The highest BCUT2D eigenvalue weighted by atomic mass is 16.2. The molecular formula is C18H18N8O2. The summed E-state index contributed by atoms with van der Waals surface area (Å²) in [5.74, 6) is -0.404. The minimum atomic E-state index is -0.409. The van der Waals surface area contributed by atoms with E-state index in [4.69, 9.17) is 5.73 Å². The Morgan fingerprint density at radius 3 is 2.25 bits per heavy atom. The zero-order valence-corrected chi connectivity index (χ0v) is 14.9. The van der Waals surface area contributed by atoms with E-state index in [9.17, 15) is 9.59 Å². The summed E-state index contributed by atoms with van der Waals surface area (Å²) in [7, 11) is 0. The second-order valence-electron chi connectivity index (χ2n) is 5.70. The summed E-state index contributed by atoms with van der Waals surface area (Å²) < 4.78 is 0. The first-order valence-electron chi connectivity index (χ1n) is 8.25. The first-order valence-corrected chi connectivity index (χ1v) is 8.25. The van der Waals surface area contributed by atoms with Crippen LogP contribution in [0.2, 0.25) is 0 Å². The van der Waals surface area contributed by atoms with Crippen molar-refractivity contribution in [2.45, 2.75) is 6.92 Å². The summed E-state index contributed by atoms with van der Waals surface area (Å²) in [6.45, 7) is 1.83. The van der Waals surface area contributed by atoms with Crippen LogP contribution in [0.5, 0.6) is 0 Å². The van der Waals surface area contributed by atoms with Gasteiger partial charge in [-0.2, -0.15) is 0 Å². The highest BCUT2D eigenvalue weighted by Crippen LogP contribution is 2.21. The van der Waals surface area contributed by atoms with Gasteiger partial charge < -0.3 is 5.73 Å². The van der Waals surface area contributed by atoms with E-state index in [0.29, 0.717) is 11.1 Å². The zero-order valence-electron chi connectivity index (χ0n) is 14.9. The van der Waals surface area contributed by atoms with Gasteiger partial charge in [-0.3, -0.25) is 36.3 Å². The van der Waals surface area contributed by atoms with Crippen LogP contribution < -0.4 is 27.4 Å². The maximum atomic E-state index is 12.3. The van der Waals surface area contributed by atoms with E-state index in [1.54, 1.807) is 30.5 Å². The third-order valence-electron chi connectivity index (χ3n) is 3.79. The van der Waals surface area contributed by atoms with Gasteiger partial charge >= 0.3 is 0 Å². The predicted molar refractivity (Wildman–Crippen MR) is 104 cm³/mol. The molecule has 0 spiro atoms. The van der Waals surface area contributed by atoms with Gasteiger partial charge in [-0.15, -0.1) is 0 Å². The fraction of sp³-hybridized carbons (Fsp3) is 0.0556. The molecule has 28 heavy (non-hydrogen) atoms. The lowest BCUT2D eigenvalue weighted by Gasteiger charge is -2.14. The molecule has 0 radical (unpaired) electrons. The van der Waals surface area contributed by atoms with Crippen molar-refractivity contribution in [3.8, 4) is 0 Å². The molecule has 0 bridgehead atoms. The van der Waals surface area contributed by atoms with Gasteiger partial charge in [0, 0.05) is 18.0 Å². The van der Waals surface area contributed by atoms with Crippen molar-refractivity contribution in [1.82, 2.24) is 25.8 Å². The lowest BCUT2D eigenvalue weighted by atomic mass is 10.1. The number of carbonyl (C=O) groups is 2. The average Bonchev–Trinajstić information content (AvgIpc) is 2.72. The van der Waals surface area contributed by atoms with Crippen molar-refractivity contribution in [3.05, 3.63) is 71.8 Å². The van der Waals surface area contributed by atoms with Crippen LogP contribution >= 0.6 is 0 Å². The van der Waals surface area contributed by atoms with Crippen molar-refractivity contribution >= 4 is 29.1 Å². The molecule has 0 aliphatic heterocycles. The number of amides is 2. The molecule has 142 valence electrons. The lowest BCUT2D eigenvalue weighted by Crippen LogP contribution is -2.32. The van der Waals surface area contributed by atoms with Crippen molar-refractivity contribution in [2.75, 3.05) is 16.6 Å². The number of nitrogens with two attached hydrogens (primary N) is 1. The van der Waals surface area contributed by atoms with Crippen molar-refractivity contribution in [2.24, 2.45) is 0 Å². The quantitative estimate of drug-likeness (QED) is 0.403. The van der Waals surface area contributed by atoms with Crippen LogP contribution in [0.25, 0.3) is 0 Å². The predicted octanol–water partition coefficient (Wildman–Crippen LogP) is 1.28. The van der Waals surface area contributed by atoms with E-state index in [1.807, 2.05) is 19.1 Å². The van der Waals surface area contributed by atoms with E-state index < -0.39 is 5.91 Å². The normalized spacial score (nSPS) is 10.0. The molecule has 6 N–H and O–H groups in total. The average molecular weight is 378 g/mol. The van der Waals surface area contributed by atoms with E-state index in [2.05, 4.69) is 36.7 Å². The molecule has 3 aromatic rings. The SMILES string of the molecule is Cc1ccccc1C(=O)NNc1ncnc(NNC(=O)c2cccnc2)c1N. The maximum Gasteiger partial charge on any atom is 0.271 e. The second kappa shape index (κ2) is 8.45. The molecule has 0 fully saturated rings. The molecule has 2 aromatic heterocycles. The Kier molecular flexibility index (Phi) is 5.60. The highest BCUT2D eigenvalue weighted by molar-refractivity contribution is 5.97. The Labute approximate surface area is 160 Å². The molecule has 1 aromatic carbocycles. The van der Waals surface area contributed by atoms with Crippen molar-refractivity contribution in [1.29, 1.82) is 0 Å². The third-order valence-corrected chi connectivity index (χ3v) is 3.79. The van der Waals surface area contributed by atoms with Gasteiger partial charge in [0.15, 0.2) is 11.6 Å². The number of carbonyl (C=O) groups excluding carboxylic acids is 2. The van der Waals surface area contributed by atoms with Crippen LogP contribution in [0.1, 0.15) is 26.3 Å². The zero-order chi connectivity index (χ0) is 19.9. The van der Waals surface area contributed by atoms with Gasteiger partial charge in [-0.1, -0.05) is 18.2 Å². The van der Waals surface area contributed by atoms with Crippen LogP contribution in [0.15, 0.2) is 55.1 Å². The van der Waals surface area contributed by atoms with Gasteiger partial charge in [0.1, 0.15) is 12.0 Å². The largest absolute Gasteiger partial charge is 0.393 e. The number of nitrogen functional groups attached to an aromatic ring is 1. The molecule has 10 nitrogen and oxygen atoms in total. The van der Waals surface area contributed by atoms with Gasteiger partial charge in [-0.05, 0) is 30.7 Å². The number of rotatable bonds is 6. The number of aromatic nitrogens is 3. The Balaban J connectivity index is 1.63. The first kappa shape index (κ1) is 18.6. The number of nitrogens with zero attached hydrogens (tertiary/aromatic N) is 3. The molecular weight excluding hydrogens is 360 g/mol. The summed E-state index contributed by atoms with van der Waals surface area (Å²) in [5.41, 5.74) is 18.1. The molecule has 2 heterocycles. The third kappa shape index (κ3) is 4.30. The van der Waals surface area contributed by atoms with Crippen LogP contribution in [0, 0.1) is 6.92 Å². The highest BCUT2D eigenvalue weighted by Gasteiger charge is 2.12. The van der Waals surface area contributed by atoms with Gasteiger partial charge in [0.25, 0.3) is 11.8 Å². The lowest BCUT2D eigenvalue weighted by molar-refractivity contribution is 0.0954. The molecule has 0 atom stereocenters. The Morgan fingerprint density at radius 1 is 0.929 bits per heavy atom. The molecule has 0 aliphatic rings. The Bertz CT molecular complexity index is 994. The molecule has 2 amide bonds. The van der Waals surface area contributed by atoms with Crippen molar-refractivity contribution < 1.29 is 9.59 Å². The molecule has 0 saturated heterocycles. The Hall–Kier alpha value is -4.21. The first-order chi connectivity index (χ1) is 13.6. The number of pyridine rings is 1. The van der Waals surface area contributed by atoms with E-state index >= 15 is 0 Å². The number of benzene rings is 1. The van der Waals surface area contributed by atoms with E-state index in [1.165, 1.54) is 12.5 Å². The smallest absolute Gasteiger partial charge is 0.271 e. The second-order valence-corrected chi connectivity index (χ2v) is 5.70. The number of hydrazine groups is 2. The van der Waals surface area contributed by atoms with Gasteiger partial charge in [0.2, 0.25) is 0 Å². The summed E-state index contributed by atoms with van der Waals surface area (Å²) in [6, 6.07) is 10.4. The summed E-state index contributed by atoms with van der Waals surface area (Å²) in [6.07, 6.45) is 4.22. The summed E-state index contributed by atoms with van der Waals surface area (Å²) in [4.78, 5) is 36.2. The number of hydrogen-bond donors (Lipinski definition) is 5. The maximum absolute atomic E-state index is 12.3. The molecule has 3 rings (SSSR count). The number of nitrogens with one attached hydrogen (secondary N) is 4. The van der Waals surface area contributed by atoms with Crippen LogP contribution in [-0.2, 0) is 0 Å². The fourth-order valence-corrected chi connectivity index (χ4v) is 2.29. The minimum absolute atomic E-state index is 0.110. The number of aryl methyl sites for hydroxylation is 1. The standard InChI is InChI=1S/C18H18N8O2/c1-11-5-2-3-7-13(11)18(28)26-24-16-14(19)15(21-10-22-16)23-25-17(27)12-6-4-8-20-9-12/h2-10H,19H2,1H3,(H,25,27)(H,26,28)(H2,21,22,23,24). The van der Waals surface area contributed by atoms with E-state index in [0.717, 1.165) is 5.56 Å². The minimum Gasteiger partial charge on any atom is -0.393 e. The van der Waals surface area contributed by atoms with Crippen LogP contribution in [0.3, 0.4) is 0 Å². The molecule has 0 aliphatic carbocycles. The van der Waals surface area contributed by atoms with Gasteiger partial charge in [-0.25, -0.2) is 9.97 Å². The van der Waals surface area contributed by atoms with Crippen molar-refractivity contribution in [3.63, 3.8) is 0 Å². The molecule has 0 unspecified atom stereocenters. The van der Waals surface area contributed by atoms with Gasteiger partial charge in [0.05, 0.1) is 5.56 Å². The molecule has 0 saturated carbocycles. The Morgan fingerprint density at radius 2 is 1.61 bits per heavy atom. The topological polar surface area (TPSA) is 147 Å². The van der Waals surface area contributed by atoms with E-state index in [-0.39, 0.29) is 23.2 Å². The fourth-order valence-electron chi connectivity index (χ4n) is 2.29. The van der Waals surface area contributed by atoms with Crippen LogP contribution in [-0.4, -0.2) is 26.8 Å². The monoisotopic (exact) mass is 378 g/mol.